The molecule has 0 spiro atoms. The predicted molar refractivity (Wildman–Crippen MR) is 74.3 cm³/mol. The van der Waals surface area contributed by atoms with Crippen LogP contribution in [0.1, 0.15) is 18.9 Å². The molecule has 0 radical (unpaired) electrons. The molecule has 0 fully saturated rings. The quantitative estimate of drug-likeness (QED) is 0.367. The number of benzene rings is 1. The Kier molecular flexibility index (Phi) is 5.90. The van der Waals surface area contributed by atoms with E-state index >= 15 is 0 Å². The first-order valence-electron chi connectivity index (χ1n) is 5.49. The molecular formula is C13H13NO4S. The molecule has 0 bridgehead atoms. The van der Waals surface area contributed by atoms with E-state index in [0.717, 1.165) is 0 Å². The van der Waals surface area contributed by atoms with Crippen molar-refractivity contribution < 1.29 is 14.5 Å². The number of nitrogens with zero attached hydrogens (tertiary/aromatic N) is 1. The van der Waals surface area contributed by atoms with E-state index in [1.807, 2.05) is 0 Å². The molecule has 0 N–H and O–H groups in total. The maximum absolute atomic E-state index is 10.9. The molecule has 0 saturated heterocycles. The van der Waals surface area contributed by atoms with Crippen molar-refractivity contribution in [3.63, 3.8) is 0 Å². The van der Waals surface area contributed by atoms with Gasteiger partial charge in [0.05, 0.1) is 18.1 Å². The molecule has 0 unspecified atom stereocenters. The molecule has 0 amide bonds. The van der Waals surface area contributed by atoms with Crippen molar-refractivity contribution in [3.05, 3.63) is 33.9 Å². The van der Waals surface area contributed by atoms with Gasteiger partial charge >= 0.3 is 0 Å². The van der Waals surface area contributed by atoms with Crippen molar-refractivity contribution in [2.75, 3.05) is 12.9 Å². The Bertz CT molecular complexity index is 545. The number of carbonyl (C=O) groups is 1. The zero-order chi connectivity index (χ0) is 14.3. The molecule has 6 heteroatoms. The number of nitro benzene ring substituents is 1. The van der Waals surface area contributed by atoms with Crippen LogP contribution in [0.5, 0.6) is 5.75 Å². The molecule has 0 saturated carbocycles. The first kappa shape index (κ1) is 15.1. The van der Waals surface area contributed by atoms with Crippen molar-refractivity contribution in [2.24, 2.45) is 0 Å². The van der Waals surface area contributed by atoms with E-state index in [-0.39, 0.29) is 10.8 Å². The fourth-order valence-corrected chi connectivity index (χ4v) is 1.79. The average Bonchev–Trinajstić information content (AvgIpc) is 2.38. The molecule has 0 aliphatic carbocycles. The van der Waals surface area contributed by atoms with Crippen molar-refractivity contribution in [2.45, 2.75) is 13.3 Å². The second kappa shape index (κ2) is 7.44. The van der Waals surface area contributed by atoms with Crippen LogP contribution in [0.25, 0.3) is 0 Å². The van der Waals surface area contributed by atoms with Gasteiger partial charge in [-0.3, -0.25) is 14.9 Å². The van der Waals surface area contributed by atoms with Gasteiger partial charge in [0.15, 0.2) is 5.12 Å². The summed E-state index contributed by atoms with van der Waals surface area (Å²) in [4.78, 5) is 21.1. The number of hydrogen-bond donors (Lipinski definition) is 0. The highest BCUT2D eigenvalue weighted by Gasteiger charge is 2.13. The Balaban J connectivity index is 2.80. The van der Waals surface area contributed by atoms with Crippen molar-refractivity contribution in [1.29, 1.82) is 0 Å². The van der Waals surface area contributed by atoms with Gasteiger partial charge in [-0.05, 0) is 12.1 Å². The summed E-state index contributed by atoms with van der Waals surface area (Å²) in [5.41, 5.74) is 0.268. The molecule has 0 atom stereocenters. The lowest BCUT2D eigenvalue weighted by molar-refractivity contribution is -0.385. The topological polar surface area (TPSA) is 69.4 Å². The van der Waals surface area contributed by atoms with E-state index in [0.29, 0.717) is 23.5 Å². The lowest BCUT2D eigenvalue weighted by atomic mass is 10.1. The van der Waals surface area contributed by atoms with E-state index in [1.54, 1.807) is 12.1 Å². The predicted octanol–water partition coefficient (Wildman–Crippen LogP) is 2.62. The van der Waals surface area contributed by atoms with Crippen molar-refractivity contribution in [3.8, 4) is 17.6 Å². The molecule has 1 aromatic rings. The van der Waals surface area contributed by atoms with E-state index in [9.17, 15) is 14.9 Å². The molecule has 0 aliphatic heterocycles. The van der Waals surface area contributed by atoms with Crippen LogP contribution < -0.4 is 4.74 Å². The van der Waals surface area contributed by atoms with Gasteiger partial charge in [-0.15, -0.1) is 0 Å². The minimum atomic E-state index is -0.489. The Morgan fingerprint density at radius 3 is 2.84 bits per heavy atom. The van der Waals surface area contributed by atoms with E-state index in [4.69, 9.17) is 4.74 Å². The standard InChI is InChI=1S/C13H13NO4S/c1-10(15)19-8-4-3-5-11-6-7-12(18-2)9-13(11)14(16)17/h6-7,9H,4,8H2,1-2H3. The highest BCUT2D eigenvalue weighted by molar-refractivity contribution is 8.13. The molecule has 0 aromatic heterocycles. The van der Waals surface area contributed by atoms with Crippen molar-refractivity contribution >= 4 is 22.6 Å². The maximum atomic E-state index is 10.9. The number of nitro groups is 1. The van der Waals surface area contributed by atoms with Gasteiger partial charge in [0.1, 0.15) is 11.3 Å². The smallest absolute Gasteiger partial charge is 0.288 e. The highest BCUT2D eigenvalue weighted by atomic mass is 32.2. The van der Waals surface area contributed by atoms with E-state index in [2.05, 4.69) is 11.8 Å². The second-order valence-corrected chi connectivity index (χ2v) is 4.80. The first-order chi connectivity index (χ1) is 9.04. The van der Waals surface area contributed by atoms with Crippen LogP contribution in [0, 0.1) is 22.0 Å². The minimum absolute atomic E-state index is 0.0391. The second-order valence-electron chi connectivity index (χ2n) is 3.53. The summed E-state index contributed by atoms with van der Waals surface area (Å²) in [5, 5.41) is 10.9. The summed E-state index contributed by atoms with van der Waals surface area (Å²) in [7, 11) is 1.45. The summed E-state index contributed by atoms with van der Waals surface area (Å²) in [6.45, 7) is 1.49. The van der Waals surface area contributed by atoms with Gasteiger partial charge in [-0.1, -0.05) is 23.6 Å². The van der Waals surface area contributed by atoms with Crippen LogP contribution in [0.3, 0.4) is 0 Å². The minimum Gasteiger partial charge on any atom is -0.497 e. The zero-order valence-electron chi connectivity index (χ0n) is 10.6. The number of rotatable bonds is 4. The number of hydrogen-bond acceptors (Lipinski definition) is 5. The monoisotopic (exact) mass is 279 g/mol. The maximum Gasteiger partial charge on any atom is 0.288 e. The number of thioether (sulfide) groups is 1. The Hall–Kier alpha value is -2.00. The SMILES string of the molecule is COc1ccc(C#CCCSC(C)=O)c([N+](=O)[O-])c1. The number of methoxy groups -OCH3 is 1. The molecule has 100 valence electrons. The molecule has 5 nitrogen and oxygen atoms in total. The lowest BCUT2D eigenvalue weighted by Gasteiger charge is -2.00. The Morgan fingerprint density at radius 2 is 2.26 bits per heavy atom. The molecule has 1 rings (SSSR count). The lowest BCUT2D eigenvalue weighted by Crippen LogP contribution is -1.93. The Labute approximate surface area is 115 Å². The summed E-state index contributed by atoms with van der Waals surface area (Å²) in [5.74, 6) is 6.58. The summed E-state index contributed by atoms with van der Waals surface area (Å²) in [6, 6.07) is 4.53. The van der Waals surface area contributed by atoms with Crippen LogP contribution in [0.4, 0.5) is 5.69 Å². The largest absolute Gasteiger partial charge is 0.497 e. The molecule has 0 aliphatic rings. The van der Waals surface area contributed by atoms with Gasteiger partial charge in [-0.25, -0.2) is 0 Å². The highest BCUT2D eigenvalue weighted by Crippen LogP contribution is 2.23. The Morgan fingerprint density at radius 1 is 1.53 bits per heavy atom. The van der Waals surface area contributed by atoms with Crippen LogP contribution in [0.15, 0.2) is 18.2 Å². The third-order valence-corrected chi connectivity index (χ3v) is 2.97. The summed E-state index contributed by atoms with van der Waals surface area (Å²) in [6.07, 6.45) is 0.507. The van der Waals surface area contributed by atoms with Gasteiger partial charge in [0, 0.05) is 19.1 Å². The molecule has 0 heterocycles. The number of ether oxygens (including phenoxy) is 1. The van der Waals surface area contributed by atoms with E-state index in [1.165, 1.54) is 31.9 Å². The fraction of sp³-hybridized carbons (Fsp3) is 0.308. The fourth-order valence-electron chi connectivity index (χ4n) is 1.30. The van der Waals surface area contributed by atoms with Gasteiger partial charge in [-0.2, -0.15) is 0 Å². The van der Waals surface area contributed by atoms with Crippen LogP contribution in [0.2, 0.25) is 0 Å². The molecule has 19 heavy (non-hydrogen) atoms. The zero-order valence-corrected chi connectivity index (χ0v) is 11.5. The summed E-state index contributed by atoms with van der Waals surface area (Å²) < 4.78 is 4.94. The van der Waals surface area contributed by atoms with Crippen LogP contribution >= 0.6 is 11.8 Å². The van der Waals surface area contributed by atoms with Crippen molar-refractivity contribution in [1.82, 2.24) is 0 Å². The van der Waals surface area contributed by atoms with Crippen LogP contribution in [-0.4, -0.2) is 22.9 Å². The van der Waals surface area contributed by atoms with Gasteiger partial charge < -0.3 is 4.74 Å². The van der Waals surface area contributed by atoms with Crippen LogP contribution in [-0.2, 0) is 4.79 Å². The third-order valence-electron chi connectivity index (χ3n) is 2.16. The normalized spacial score (nSPS) is 9.37. The molecular weight excluding hydrogens is 266 g/mol. The van der Waals surface area contributed by atoms with Gasteiger partial charge in [0.2, 0.25) is 0 Å². The summed E-state index contributed by atoms with van der Waals surface area (Å²) >= 11 is 1.19. The number of carbonyl (C=O) groups excluding carboxylic acids is 1. The van der Waals surface area contributed by atoms with E-state index < -0.39 is 4.92 Å². The van der Waals surface area contributed by atoms with Gasteiger partial charge in [0.25, 0.3) is 5.69 Å². The molecule has 1 aromatic carbocycles. The average molecular weight is 279 g/mol. The third kappa shape index (κ3) is 5.02. The first-order valence-corrected chi connectivity index (χ1v) is 6.48.